The number of carboxylic acid groups (broad SMARTS) is 1. The molecule has 2 atom stereocenters. The quantitative estimate of drug-likeness (QED) is 0.582. The van der Waals surface area contributed by atoms with Gasteiger partial charge in [-0.25, -0.2) is 0 Å². The largest absolute Gasteiger partial charge is 0.480 e. The third kappa shape index (κ3) is 2.72. The highest BCUT2D eigenvalue weighted by atomic mass is 16.4. The van der Waals surface area contributed by atoms with Gasteiger partial charge in [-0.3, -0.25) is 4.79 Å². The van der Waals surface area contributed by atoms with E-state index in [0.29, 0.717) is 0 Å². The lowest BCUT2D eigenvalue weighted by atomic mass is 9.97. The van der Waals surface area contributed by atoms with Gasteiger partial charge in [0.05, 0.1) is 0 Å². The molecule has 0 aliphatic carbocycles. The van der Waals surface area contributed by atoms with Gasteiger partial charge < -0.3 is 10.4 Å². The number of hydrogen-bond acceptors (Lipinski definition) is 2. The van der Waals surface area contributed by atoms with Crippen LogP contribution in [0.2, 0.25) is 0 Å². The fourth-order valence-corrected chi connectivity index (χ4v) is 1.06. The molecule has 0 aromatic rings. The second-order valence-electron chi connectivity index (χ2n) is 2.41. The average Bonchev–Trinajstić information content (AvgIpc) is 1.99. The van der Waals surface area contributed by atoms with E-state index in [1.165, 1.54) is 0 Å². The van der Waals surface area contributed by atoms with Crippen molar-refractivity contribution in [1.82, 2.24) is 5.32 Å². The molecule has 0 saturated heterocycles. The number of aliphatic carboxylic acids is 1. The maximum atomic E-state index is 10.6. The minimum absolute atomic E-state index is 0.0116. The molecule has 3 nitrogen and oxygen atoms in total. The van der Waals surface area contributed by atoms with Crippen molar-refractivity contribution in [2.75, 3.05) is 7.05 Å². The van der Waals surface area contributed by atoms with E-state index in [-0.39, 0.29) is 5.92 Å². The zero-order chi connectivity index (χ0) is 8.85. The van der Waals surface area contributed by atoms with Gasteiger partial charge in [0.15, 0.2) is 0 Å². The van der Waals surface area contributed by atoms with Crippen LogP contribution in [-0.4, -0.2) is 24.2 Å². The van der Waals surface area contributed by atoms with E-state index in [1.54, 1.807) is 13.1 Å². The second kappa shape index (κ2) is 4.91. The van der Waals surface area contributed by atoms with Crippen LogP contribution in [0.1, 0.15) is 13.3 Å². The molecule has 0 aliphatic heterocycles. The van der Waals surface area contributed by atoms with Gasteiger partial charge in [-0.2, -0.15) is 0 Å². The molecule has 0 fully saturated rings. The molecule has 0 bridgehead atoms. The van der Waals surface area contributed by atoms with Gasteiger partial charge in [0, 0.05) is 5.92 Å². The first-order valence-electron chi connectivity index (χ1n) is 3.70. The van der Waals surface area contributed by atoms with Gasteiger partial charge in [-0.1, -0.05) is 13.0 Å². The van der Waals surface area contributed by atoms with E-state index < -0.39 is 12.0 Å². The molecule has 64 valence electrons. The lowest BCUT2D eigenvalue weighted by Gasteiger charge is -2.17. The molecule has 0 aliphatic rings. The Labute approximate surface area is 67.1 Å². The number of hydrogen-bond donors (Lipinski definition) is 2. The summed E-state index contributed by atoms with van der Waals surface area (Å²) in [5.74, 6) is -0.809. The predicted octanol–water partition coefficient (Wildman–Crippen LogP) is 0.871. The molecular weight excluding hydrogens is 142 g/mol. The molecule has 0 unspecified atom stereocenters. The van der Waals surface area contributed by atoms with Gasteiger partial charge >= 0.3 is 5.97 Å². The maximum Gasteiger partial charge on any atom is 0.321 e. The van der Waals surface area contributed by atoms with Crippen LogP contribution in [0.15, 0.2) is 12.7 Å². The minimum Gasteiger partial charge on any atom is -0.480 e. The van der Waals surface area contributed by atoms with E-state index in [9.17, 15) is 4.79 Å². The van der Waals surface area contributed by atoms with E-state index in [0.717, 1.165) is 6.42 Å². The lowest BCUT2D eigenvalue weighted by Crippen LogP contribution is -2.39. The highest BCUT2D eigenvalue weighted by Gasteiger charge is 2.21. The van der Waals surface area contributed by atoms with Crippen molar-refractivity contribution < 1.29 is 9.90 Å². The molecule has 2 N–H and O–H groups in total. The van der Waals surface area contributed by atoms with Crippen LogP contribution < -0.4 is 5.32 Å². The highest BCUT2D eigenvalue weighted by Crippen LogP contribution is 2.09. The van der Waals surface area contributed by atoms with E-state index in [2.05, 4.69) is 11.9 Å². The van der Waals surface area contributed by atoms with E-state index in [4.69, 9.17) is 5.11 Å². The van der Waals surface area contributed by atoms with Crippen molar-refractivity contribution in [2.45, 2.75) is 19.4 Å². The van der Waals surface area contributed by atoms with E-state index in [1.807, 2.05) is 6.92 Å². The van der Waals surface area contributed by atoms with Crippen molar-refractivity contribution in [2.24, 2.45) is 5.92 Å². The van der Waals surface area contributed by atoms with Crippen molar-refractivity contribution in [1.29, 1.82) is 0 Å². The molecule has 0 saturated carbocycles. The molecule has 0 spiro atoms. The number of rotatable bonds is 5. The summed E-state index contributed by atoms with van der Waals surface area (Å²) >= 11 is 0. The van der Waals surface area contributed by atoms with Crippen molar-refractivity contribution in [3.63, 3.8) is 0 Å². The van der Waals surface area contributed by atoms with E-state index >= 15 is 0 Å². The summed E-state index contributed by atoms with van der Waals surface area (Å²) in [4.78, 5) is 10.6. The molecule has 0 amide bonds. The molecule has 0 radical (unpaired) electrons. The monoisotopic (exact) mass is 157 g/mol. The minimum atomic E-state index is -0.820. The Hall–Kier alpha value is -0.830. The van der Waals surface area contributed by atoms with Crippen LogP contribution in [0.3, 0.4) is 0 Å². The Kier molecular flexibility index (Phi) is 4.54. The molecular formula is C8H15NO2. The molecule has 0 aromatic carbocycles. The summed E-state index contributed by atoms with van der Waals surface area (Å²) in [6.07, 6.45) is 2.47. The molecule has 0 heterocycles. The van der Waals surface area contributed by atoms with Crippen molar-refractivity contribution >= 4 is 5.97 Å². The fourth-order valence-electron chi connectivity index (χ4n) is 1.06. The molecule has 11 heavy (non-hydrogen) atoms. The Bertz CT molecular complexity index is 145. The van der Waals surface area contributed by atoms with Crippen molar-refractivity contribution in [3.05, 3.63) is 12.7 Å². The molecule has 0 rings (SSSR count). The van der Waals surface area contributed by atoms with Crippen LogP contribution in [-0.2, 0) is 4.79 Å². The molecule has 3 heteroatoms. The van der Waals surface area contributed by atoms with Gasteiger partial charge in [0.25, 0.3) is 0 Å². The first-order chi connectivity index (χ1) is 5.17. The zero-order valence-corrected chi connectivity index (χ0v) is 7.00. The Morgan fingerprint density at radius 1 is 1.82 bits per heavy atom. The number of nitrogens with one attached hydrogen (secondary N) is 1. The van der Waals surface area contributed by atoms with Crippen LogP contribution in [0.4, 0.5) is 0 Å². The first kappa shape index (κ1) is 10.2. The summed E-state index contributed by atoms with van der Waals surface area (Å²) in [6.45, 7) is 5.52. The first-order valence-corrected chi connectivity index (χ1v) is 3.70. The fraction of sp³-hybridized carbons (Fsp3) is 0.625. The van der Waals surface area contributed by atoms with Crippen LogP contribution >= 0.6 is 0 Å². The summed E-state index contributed by atoms with van der Waals surface area (Å²) in [7, 11) is 1.64. The summed E-state index contributed by atoms with van der Waals surface area (Å²) < 4.78 is 0. The van der Waals surface area contributed by atoms with Gasteiger partial charge in [-0.15, -0.1) is 6.58 Å². The second-order valence-corrected chi connectivity index (χ2v) is 2.41. The average molecular weight is 157 g/mol. The Balaban J connectivity index is 4.20. The standard InChI is InChI=1S/C8H15NO2/c1-4-6(5-2)7(9-3)8(10)11/h4,6-7,9H,1,5H2,2-3H3,(H,10,11)/t6-,7-/m0/s1. The summed E-state index contributed by atoms with van der Waals surface area (Å²) in [5, 5.41) is 11.4. The normalized spacial score (nSPS) is 15.5. The lowest BCUT2D eigenvalue weighted by molar-refractivity contribution is -0.140. The third-order valence-electron chi connectivity index (χ3n) is 1.78. The smallest absolute Gasteiger partial charge is 0.321 e. The van der Waals surface area contributed by atoms with Gasteiger partial charge in [-0.05, 0) is 13.5 Å². The molecule has 0 aromatic heterocycles. The van der Waals surface area contributed by atoms with Crippen LogP contribution in [0.5, 0.6) is 0 Å². The number of carboxylic acids is 1. The summed E-state index contributed by atoms with van der Waals surface area (Å²) in [5.41, 5.74) is 0. The summed E-state index contributed by atoms with van der Waals surface area (Å²) in [6, 6.07) is -0.502. The van der Waals surface area contributed by atoms with Crippen LogP contribution in [0, 0.1) is 5.92 Å². The number of likely N-dealkylation sites (N-methyl/N-ethyl adjacent to an activating group) is 1. The third-order valence-corrected chi connectivity index (χ3v) is 1.78. The predicted molar refractivity (Wildman–Crippen MR) is 44.5 cm³/mol. The van der Waals surface area contributed by atoms with Crippen molar-refractivity contribution in [3.8, 4) is 0 Å². The number of carbonyl (C=O) groups is 1. The highest BCUT2D eigenvalue weighted by molar-refractivity contribution is 5.74. The SMILES string of the molecule is C=C[C@@H](CC)[C@H](NC)C(=O)O. The van der Waals surface area contributed by atoms with Gasteiger partial charge in [0.1, 0.15) is 6.04 Å². The topological polar surface area (TPSA) is 49.3 Å². The van der Waals surface area contributed by atoms with Crippen LogP contribution in [0.25, 0.3) is 0 Å². The van der Waals surface area contributed by atoms with Gasteiger partial charge in [0.2, 0.25) is 0 Å². The Morgan fingerprint density at radius 3 is 2.45 bits per heavy atom. The zero-order valence-electron chi connectivity index (χ0n) is 7.00. The maximum absolute atomic E-state index is 10.6. The Morgan fingerprint density at radius 2 is 2.36 bits per heavy atom.